The first-order chi connectivity index (χ1) is 9.35. The van der Waals surface area contributed by atoms with Gasteiger partial charge in [-0.15, -0.1) is 0 Å². The van der Waals surface area contributed by atoms with Crippen LogP contribution in [0.3, 0.4) is 0 Å². The molecule has 2 atom stereocenters. The van der Waals surface area contributed by atoms with Crippen molar-refractivity contribution >= 4 is 5.91 Å². The maximum atomic E-state index is 12.2. The highest BCUT2D eigenvalue weighted by Crippen LogP contribution is 2.15. The van der Waals surface area contributed by atoms with Crippen molar-refractivity contribution in [1.29, 1.82) is 0 Å². The van der Waals surface area contributed by atoms with Crippen molar-refractivity contribution in [1.82, 2.24) is 15.5 Å². The van der Waals surface area contributed by atoms with Crippen LogP contribution in [0.2, 0.25) is 0 Å². The van der Waals surface area contributed by atoms with Crippen LogP contribution in [-0.2, 0) is 11.2 Å². The summed E-state index contributed by atoms with van der Waals surface area (Å²) in [6.45, 7) is 9.96. The lowest BCUT2D eigenvalue weighted by molar-refractivity contribution is -0.125. The minimum absolute atomic E-state index is 0.00954. The number of nitrogens with one attached hydrogen (secondary N) is 2. The number of hydrogen-bond donors (Lipinski definition) is 3. The molecule has 0 aliphatic rings. The van der Waals surface area contributed by atoms with Gasteiger partial charge in [-0.25, -0.2) is 0 Å². The van der Waals surface area contributed by atoms with Gasteiger partial charge in [0.15, 0.2) is 0 Å². The second-order valence-electron chi connectivity index (χ2n) is 6.04. The Morgan fingerprint density at radius 2 is 2.00 bits per heavy atom. The van der Waals surface area contributed by atoms with E-state index in [1.165, 1.54) is 0 Å². The molecule has 2 unspecified atom stereocenters. The van der Waals surface area contributed by atoms with E-state index in [4.69, 9.17) is 0 Å². The second kappa shape index (κ2) is 7.43. The van der Waals surface area contributed by atoms with E-state index in [1.54, 1.807) is 0 Å². The highest BCUT2D eigenvalue weighted by molar-refractivity contribution is 5.79. The fourth-order valence-electron chi connectivity index (χ4n) is 2.37. The van der Waals surface area contributed by atoms with Crippen molar-refractivity contribution in [2.24, 2.45) is 11.8 Å². The molecule has 3 N–H and O–H groups in total. The van der Waals surface area contributed by atoms with E-state index in [-0.39, 0.29) is 24.5 Å². The minimum Gasteiger partial charge on any atom is -0.394 e. The van der Waals surface area contributed by atoms with E-state index in [1.807, 2.05) is 20.8 Å². The summed E-state index contributed by atoms with van der Waals surface area (Å²) in [5.41, 5.74) is 3.07. The number of amides is 1. The molecule has 1 amide bonds. The van der Waals surface area contributed by atoms with Gasteiger partial charge in [0.2, 0.25) is 5.91 Å². The Morgan fingerprint density at radius 1 is 1.35 bits per heavy atom. The van der Waals surface area contributed by atoms with Crippen LogP contribution in [0.15, 0.2) is 0 Å². The summed E-state index contributed by atoms with van der Waals surface area (Å²) >= 11 is 0. The maximum absolute atomic E-state index is 12.2. The summed E-state index contributed by atoms with van der Waals surface area (Å²) in [6.07, 6.45) is 1.46. The summed E-state index contributed by atoms with van der Waals surface area (Å²) in [5.74, 6) is 0.303. The molecule has 1 aromatic rings. The molecule has 0 radical (unpaired) electrons. The van der Waals surface area contributed by atoms with E-state index in [0.29, 0.717) is 12.3 Å². The fraction of sp³-hybridized carbons (Fsp3) is 0.733. The molecule has 1 rings (SSSR count). The largest absolute Gasteiger partial charge is 0.394 e. The molecule has 5 nitrogen and oxygen atoms in total. The Bertz CT molecular complexity index is 421. The zero-order valence-corrected chi connectivity index (χ0v) is 13.2. The number of rotatable bonds is 7. The number of hydrogen-bond acceptors (Lipinski definition) is 3. The second-order valence-corrected chi connectivity index (χ2v) is 6.04. The van der Waals surface area contributed by atoms with Gasteiger partial charge in [-0.05, 0) is 38.2 Å². The summed E-state index contributed by atoms with van der Waals surface area (Å²) in [4.78, 5) is 12.2. The lowest BCUT2D eigenvalue weighted by Gasteiger charge is -2.21. The van der Waals surface area contributed by atoms with Gasteiger partial charge < -0.3 is 10.4 Å². The van der Waals surface area contributed by atoms with Gasteiger partial charge in [-0.1, -0.05) is 20.8 Å². The van der Waals surface area contributed by atoms with Crippen LogP contribution < -0.4 is 5.32 Å². The molecule has 114 valence electrons. The topological polar surface area (TPSA) is 78.0 Å². The molecule has 5 heteroatoms. The average molecular weight is 281 g/mol. The third-order valence-electron chi connectivity index (χ3n) is 3.56. The molecule has 0 fully saturated rings. The Kier molecular flexibility index (Phi) is 6.20. The van der Waals surface area contributed by atoms with E-state index in [0.717, 1.165) is 23.4 Å². The van der Waals surface area contributed by atoms with Crippen LogP contribution in [0.25, 0.3) is 0 Å². The number of aryl methyl sites for hydroxylation is 2. The number of carbonyl (C=O) groups is 1. The molecule has 0 spiro atoms. The normalized spacial score (nSPS) is 14.3. The summed E-state index contributed by atoms with van der Waals surface area (Å²) in [6, 6.07) is -0.156. The number of nitrogens with zero attached hydrogens (tertiary/aromatic N) is 1. The minimum atomic E-state index is -0.156. The summed E-state index contributed by atoms with van der Waals surface area (Å²) in [5, 5.41) is 19.3. The van der Waals surface area contributed by atoms with Crippen molar-refractivity contribution in [3.63, 3.8) is 0 Å². The maximum Gasteiger partial charge on any atom is 0.223 e. The van der Waals surface area contributed by atoms with Gasteiger partial charge in [0.1, 0.15) is 0 Å². The highest BCUT2D eigenvalue weighted by Gasteiger charge is 2.20. The van der Waals surface area contributed by atoms with Gasteiger partial charge >= 0.3 is 0 Å². The van der Waals surface area contributed by atoms with Crippen LogP contribution >= 0.6 is 0 Å². The van der Waals surface area contributed by atoms with E-state index < -0.39 is 0 Å². The number of carbonyl (C=O) groups excluding carboxylic acids is 1. The number of aromatic nitrogens is 2. The van der Waals surface area contributed by atoms with Gasteiger partial charge in [0.05, 0.1) is 18.3 Å². The van der Waals surface area contributed by atoms with Crippen LogP contribution in [0.5, 0.6) is 0 Å². The lowest BCUT2D eigenvalue weighted by atomic mass is 9.97. The molecule has 0 aromatic carbocycles. The average Bonchev–Trinajstić information content (AvgIpc) is 2.68. The fourth-order valence-corrected chi connectivity index (χ4v) is 2.37. The molecular formula is C15H27N3O2. The van der Waals surface area contributed by atoms with Gasteiger partial charge in [-0.3, -0.25) is 9.89 Å². The summed E-state index contributed by atoms with van der Waals surface area (Å²) < 4.78 is 0. The molecule has 0 aliphatic carbocycles. The quantitative estimate of drug-likeness (QED) is 0.712. The van der Waals surface area contributed by atoms with Crippen LogP contribution in [0, 0.1) is 25.7 Å². The molecule has 0 saturated carbocycles. The predicted molar refractivity (Wildman–Crippen MR) is 79.4 cm³/mol. The zero-order chi connectivity index (χ0) is 15.3. The van der Waals surface area contributed by atoms with Crippen molar-refractivity contribution in [3.05, 3.63) is 17.0 Å². The number of H-pyrrole nitrogens is 1. The van der Waals surface area contributed by atoms with Crippen LogP contribution in [0.4, 0.5) is 0 Å². The molecule has 0 bridgehead atoms. The Balaban J connectivity index is 2.58. The standard InChI is InChI=1S/C15H27N3O2/c1-9(2)6-13(8-19)16-15(20)10(3)7-14-11(4)17-18-12(14)5/h9-10,13,19H,6-8H2,1-5H3,(H,16,20)(H,17,18). The zero-order valence-electron chi connectivity index (χ0n) is 13.2. The first kappa shape index (κ1) is 16.7. The number of aliphatic hydroxyl groups excluding tert-OH is 1. The number of aromatic amines is 1. The molecule has 20 heavy (non-hydrogen) atoms. The first-order valence-electron chi connectivity index (χ1n) is 7.26. The van der Waals surface area contributed by atoms with E-state index >= 15 is 0 Å². The van der Waals surface area contributed by atoms with Crippen LogP contribution in [0.1, 0.15) is 44.1 Å². The van der Waals surface area contributed by atoms with Crippen LogP contribution in [-0.4, -0.2) is 33.9 Å². The number of aliphatic hydroxyl groups is 1. The summed E-state index contributed by atoms with van der Waals surface area (Å²) in [7, 11) is 0. The van der Waals surface area contributed by atoms with Crippen molar-refractivity contribution in [2.45, 2.75) is 53.5 Å². The van der Waals surface area contributed by atoms with E-state index in [9.17, 15) is 9.90 Å². The van der Waals surface area contributed by atoms with Crippen molar-refractivity contribution < 1.29 is 9.90 Å². The van der Waals surface area contributed by atoms with Gasteiger partial charge in [-0.2, -0.15) is 5.10 Å². The Morgan fingerprint density at radius 3 is 2.45 bits per heavy atom. The SMILES string of the molecule is Cc1n[nH]c(C)c1CC(C)C(=O)NC(CO)CC(C)C. The first-order valence-corrected chi connectivity index (χ1v) is 7.26. The Labute approximate surface area is 121 Å². The highest BCUT2D eigenvalue weighted by atomic mass is 16.3. The molecule has 1 heterocycles. The molecule has 0 aliphatic heterocycles. The van der Waals surface area contributed by atoms with Gasteiger partial charge in [0.25, 0.3) is 0 Å². The molecule has 0 saturated heterocycles. The third-order valence-corrected chi connectivity index (χ3v) is 3.56. The molecular weight excluding hydrogens is 254 g/mol. The van der Waals surface area contributed by atoms with E-state index in [2.05, 4.69) is 29.4 Å². The van der Waals surface area contributed by atoms with Gasteiger partial charge in [0, 0.05) is 11.6 Å². The Hall–Kier alpha value is -1.36. The monoisotopic (exact) mass is 281 g/mol. The lowest BCUT2D eigenvalue weighted by Crippen LogP contribution is -2.41. The third kappa shape index (κ3) is 4.63. The predicted octanol–water partition coefficient (Wildman–Crippen LogP) is 1.73. The van der Waals surface area contributed by atoms with Crippen molar-refractivity contribution in [3.8, 4) is 0 Å². The molecule has 1 aromatic heterocycles. The van der Waals surface area contributed by atoms with Crippen molar-refractivity contribution in [2.75, 3.05) is 6.61 Å². The smallest absolute Gasteiger partial charge is 0.223 e.